The molecule has 0 spiro atoms. The summed E-state index contributed by atoms with van der Waals surface area (Å²) in [4.78, 5) is 29.7. The van der Waals surface area contributed by atoms with Crippen molar-refractivity contribution in [2.45, 2.75) is 32.0 Å². The molecule has 0 aliphatic rings. The number of hydrogen-bond acceptors (Lipinski definition) is 9. The van der Waals surface area contributed by atoms with Crippen LogP contribution in [-0.4, -0.2) is 44.0 Å². The van der Waals surface area contributed by atoms with E-state index < -0.39 is 0 Å². The zero-order chi connectivity index (χ0) is 25.5. The molecule has 36 heavy (non-hydrogen) atoms. The molecule has 1 aromatic carbocycles. The molecule has 0 atom stereocenters. The molecule has 4 rings (SSSR count). The van der Waals surface area contributed by atoms with Crippen LogP contribution in [0.15, 0.2) is 58.9 Å². The molecular formula is C25H25N5O3S3. The number of ether oxygens (including phenoxy) is 1. The fourth-order valence-corrected chi connectivity index (χ4v) is 5.90. The smallest absolute Gasteiger partial charge is 0.311 e. The van der Waals surface area contributed by atoms with Gasteiger partial charge in [-0.2, -0.15) is 0 Å². The van der Waals surface area contributed by atoms with Crippen LogP contribution in [0.2, 0.25) is 0 Å². The molecule has 0 bridgehead atoms. The highest BCUT2D eigenvalue weighted by molar-refractivity contribution is 7.99. The van der Waals surface area contributed by atoms with E-state index in [1.807, 2.05) is 22.8 Å². The van der Waals surface area contributed by atoms with Crippen LogP contribution in [0.1, 0.15) is 17.5 Å². The first-order valence-corrected chi connectivity index (χ1v) is 13.9. The van der Waals surface area contributed by atoms with Gasteiger partial charge in [-0.15, -0.1) is 39.4 Å². The molecule has 1 N–H and O–H groups in total. The maximum absolute atomic E-state index is 12.6. The van der Waals surface area contributed by atoms with Crippen LogP contribution in [0, 0.1) is 6.92 Å². The number of carbonyl (C=O) groups is 2. The Bertz CT molecular complexity index is 1360. The highest BCUT2D eigenvalue weighted by Gasteiger charge is 2.21. The molecule has 0 fully saturated rings. The molecule has 11 heteroatoms. The Hall–Kier alpha value is -3.28. The van der Waals surface area contributed by atoms with Crippen LogP contribution in [-0.2, 0) is 27.3 Å². The number of anilines is 1. The number of aryl methyl sites for hydroxylation is 1. The number of rotatable bonds is 11. The summed E-state index contributed by atoms with van der Waals surface area (Å²) >= 11 is 4.24. The van der Waals surface area contributed by atoms with E-state index in [1.165, 1.54) is 28.0 Å². The van der Waals surface area contributed by atoms with Gasteiger partial charge in [-0.05, 0) is 19.4 Å². The number of thiophene rings is 1. The van der Waals surface area contributed by atoms with Gasteiger partial charge in [0.05, 0.1) is 24.5 Å². The number of amides is 1. The number of carbonyl (C=O) groups excluding carboxylic acids is 2. The molecule has 0 radical (unpaired) electrons. The third-order valence-corrected chi connectivity index (χ3v) is 7.75. The monoisotopic (exact) mass is 539 g/mol. The van der Waals surface area contributed by atoms with E-state index in [0.717, 1.165) is 22.5 Å². The highest BCUT2D eigenvalue weighted by Crippen LogP contribution is 2.39. The second-order valence-corrected chi connectivity index (χ2v) is 10.5. The van der Waals surface area contributed by atoms with Crippen molar-refractivity contribution in [1.29, 1.82) is 0 Å². The van der Waals surface area contributed by atoms with Crippen molar-refractivity contribution in [3.05, 3.63) is 64.3 Å². The van der Waals surface area contributed by atoms with E-state index in [9.17, 15) is 9.59 Å². The van der Waals surface area contributed by atoms with E-state index in [1.54, 1.807) is 29.7 Å². The number of hydrogen-bond donors (Lipinski definition) is 1. The standard InChI is InChI=1S/C25H25N5O3S3/c1-4-11-30-23(19-14-34-16(3)22(19)17-9-7-6-8-10-17)28-29-25(30)36-15-20(31)27-24-26-18(13-35-24)12-21(32)33-5-2/h4,6-10,13-14H,1,5,11-12,15H2,2-3H3,(H,26,27,31). The molecule has 3 aromatic heterocycles. The molecule has 0 saturated carbocycles. The van der Waals surface area contributed by atoms with Gasteiger partial charge < -0.3 is 10.1 Å². The van der Waals surface area contributed by atoms with Crippen LogP contribution in [0.5, 0.6) is 0 Å². The van der Waals surface area contributed by atoms with Crippen LogP contribution in [0.4, 0.5) is 5.13 Å². The lowest BCUT2D eigenvalue weighted by atomic mass is 10.0. The number of benzene rings is 1. The average Bonchev–Trinajstić information content (AvgIpc) is 3.57. The number of thioether (sulfide) groups is 1. The van der Waals surface area contributed by atoms with Gasteiger partial charge in [0, 0.05) is 33.3 Å². The van der Waals surface area contributed by atoms with Gasteiger partial charge in [0.2, 0.25) is 5.91 Å². The Balaban J connectivity index is 1.47. The molecule has 3 heterocycles. The summed E-state index contributed by atoms with van der Waals surface area (Å²) in [5, 5.41) is 16.5. The summed E-state index contributed by atoms with van der Waals surface area (Å²) in [6.07, 6.45) is 1.87. The fraction of sp³-hybridized carbons (Fsp3) is 0.240. The Morgan fingerprint density at radius 2 is 2.00 bits per heavy atom. The van der Waals surface area contributed by atoms with Crippen molar-refractivity contribution >= 4 is 51.4 Å². The largest absolute Gasteiger partial charge is 0.466 e. The van der Waals surface area contributed by atoms with Crippen molar-refractivity contribution in [2.75, 3.05) is 17.7 Å². The molecule has 0 aliphatic heterocycles. The zero-order valence-electron chi connectivity index (χ0n) is 19.9. The summed E-state index contributed by atoms with van der Waals surface area (Å²) < 4.78 is 6.91. The normalized spacial score (nSPS) is 10.8. The number of thiazole rings is 1. The summed E-state index contributed by atoms with van der Waals surface area (Å²) in [6, 6.07) is 10.2. The lowest BCUT2D eigenvalue weighted by molar-refractivity contribution is -0.142. The molecular weight excluding hydrogens is 515 g/mol. The minimum atomic E-state index is -0.343. The van der Waals surface area contributed by atoms with Crippen molar-refractivity contribution < 1.29 is 14.3 Å². The second kappa shape index (κ2) is 12.1. The van der Waals surface area contributed by atoms with Gasteiger partial charge in [-0.1, -0.05) is 48.2 Å². The summed E-state index contributed by atoms with van der Waals surface area (Å²) in [5.41, 5.74) is 3.83. The van der Waals surface area contributed by atoms with E-state index >= 15 is 0 Å². The lowest BCUT2D eigenvalue weighted by Gasteiger charge is -2.09. The Morgan fingerprint density at radius 1 is 1.19 bits per heavy atom. The van der Waals surface area contributed by atoms with Gasteiger partial charge in [0.15, 0.2) is 16.1 Å². The predicted octanol–water partition coefficient (Wildman–Crippen LogP) is 5.46. The van der Waals surface area contributed by atoms with Crippen molar-refractivity contribution in [1.82, 2.24) is 19.7 Å². The summed E-state index contributed by atoms with van der Waals surface area (Å²) in [7, 11) is 0. The SMILES string of the molecule is C=CCn1c(SCC(=O)Nc2nc(CC(=O)OCC)cs2)nnc1-c1csc(C)c1-c1ccccc1. The summed E-state index contributed by atoms with van der Waals surface area (Å²) in [5.74, 6) is 0.313. The molecule has 186 valence electrons. The number of nitrogens with one attached hydrogen (secondary N) is 1. The van der Waals surface area contributed by atoms with Gasteiger partial charge in [0.1, 0.15) is 0 Å². The maximum atomic E-state index is 12.6. The molecule has 4 aromatic rings. The van der Waals surface area contributed by atoms with Gasteiger partial charge >= 0.3 is 5.97 Å². The topological polar surface area (TPSA) is 99.0 Å². The minimum Gasteiger partial charge on any atom is -0.466 e. The van der Waals surface area contributed by atoms with Crippen LogP contribution in [0.3, 0.4) is 0 Å². The molecule has 0 aliphatic carbocycles. The van der Waals surface area contributed by atoms with Gasteiger partial charge in [0.25, 0.3) is 0 Å². The molecule has 0 saturated heterocycles. The number of nitrogens with zero attached hydrogens (tertiary/aromatic N) is 4. The average molecular weight is 540 g/mol. The molecule has 8 nitrogen and oxygen atoms in total. The lowest BCUT2D eigenvalue weighted by Crippen LogP contribution is -2.15. The third kappa shape index (κ3) is 6.10. The number of allylic oxidation sites excluding steroid dienone is 1. The van der Waals surface area contributed by atoms with Crippen LogP contribution >= 0.6 is 34.4 Å². The molecule has 0 unspecified atom stereocenters. The van der Waals surface area contributed by atoms with Crippen LogP contribution < -0.4 is 5.32 Å². The number of aromatic nitrogens is 4. The van der Waals surface area contributed by atoms with E-state index in [-0.39, 0.29) is 24.1 Å². The van der Waals surface area contributed by atoms with E-state index in [2.05, 4.69) is 51.5 Å². The Kier molecular flexibility index (Phi) is 8.68. The second-order valence-electron chi connectivity index (χ2n) is 7.61. The summed E-state index contributed by atoms with van der Waals surface area (Å²) in [6.45, 7) is 8.57. The van der Waals surface area contributed by atoms with Crippen LogP contribution in [0.25, 0.3) is 22.5 Å². The number of esters is 1. The maximum Gasteiger partial charge on any atom is 0.311 e. The van der Waals surface area contributed by atoms with Crippen molar-refractivity contribution in [3.8, 4) is 22.5 Å². The predicted molar refractivity (Wildman–Crippen MR) is 146 cm³/mol. The van der Waals surface area contributed by atoms with E-state index in [0.29, 0.717) is 29.1 Å². The first-order valence-electron chi connectivity index (χ1n) is 11.2. The zero-order valence-corrected chi connectivity index (χ0v) is 22.3. The third-order valence-electron chi connectivity index (χ3n) is 5.07. The minimum absolute atomic E-state index is 0.0788. The van der Waals surface area contributed by atoms with E-state index in [4.69, 9.17) is 4.74 Å². The first-order chi connectivity index (χ1) is 17.5. The van der Waals surface area contributed by atoms with Gasteiger partial charge in [-0.25, -0.2) is 4.98 Å². The Labute approximate surface area is 221 Å². The van der Waals surface area contributed by atoms with Gasteiger partial charge in [-0.3, -0.25) is 14.2 Å². The van der Waals surface area contributed by atoms with Crippen molar-refractivity contribution in [2.24, 2.45) is 0 Å². The highest BCUT2D eigenvalue weighted by atomic mass is 32.2. The Morgan fingerprint density at radius 3 is 2.75 bits per heavy atom. The molecule has 1 amide bonds. The first kappa shape index (κ1) is 25.8. The quantitative estimate of drug-likeness (QED) is 0.153. The fourth-order valence-electron chi connectivity index (χ4n) is 3.56. The van der Waals surface area contributed by atoms with Crippen molar-refractivity contribution in [3.63, 3.8) is 0 Å².